The first-order chi connectivity index (χ1) is 12.9. The molecule has 152 valence electrons. The highest BCUT2D eigenvalue weighted by atomic mass is 19.4. The number of guanidine groups is 1. The van der Waals surface area contributed by atoms with Gasteiger partial charge in [0.15, 0.2) is 5.96 Å². The van der Waals surface area contributed by atoms with E-state index in [4.69, 9.17) is 4.74 Å². The van der Waals surface area contributed by atoms with Gasteiger partial charge in [-0.1, -0.05) is 0 Å². The summed E-state index contributed by atoms with van der Waals surface area (Å²) in [6, 6.07) is 0.824. The molecular formula is C16H25F3N6O2. The zero-order valence-electron chi connectivity index (χ0n) is 15.1. The summed E-state index contributed by atoms with van der Waals surface area (Å²) in [6.07, 6.45) is -1.92. The average molecular weight is 390 g/mol. The molecule has 0 saturated carbocycles. The van der Waals surface area contributed by atoms with Crippen LogP contribution >= 0.6 is 0 Å². The van der Waals surface area contributed by atoms with E-state index in [-0.39, 0.29) is 18.0 Å². The summed E-state index contributed by atoms with van der Waals surface area (Å²) >= 11 is 0. The Balaban J connectivity index is 1.75. The topological polar surface area (TPSA) is 104 Å². The number of anilines is 1. The van der Waals surface area contributed by atoms with E-state index < -0.39 is 11.9 Å². The summed E-state index contributed by atoms with van der Waals surface area (Å²) in [5, 5.41) is 18.3. The molecule has 27 heavy (non-hydrogen) atoms. The fraction of sp³-hybridized carbons (Fsp3) is 0.688. The first kappa shape index (κ1) is 21.2. The number of halogens is 3. The molecule has 8 nitrogen and oxygen atoms in total. The van der Waals surface area contributed by atoms with Gasteiger partial charge in [0.25, 0.3) is 0 Å². The number of aliphatic hydroxyl groups excluding tert-OH is 1. The minimum atomic E-state index is -4.50. The van der Waals surface area contributed by atoms with Gasteiger partial charge in [-0.3, -0.25) is 4.99 Å². The third kappa shape index (κ3) is 6.51. The molecule has 1 unspecified atom stereocenters. The van der Waals surface area contributed by atoms with Crippen LogP contribution in [0.25, 0.3) is 0 Å². The monoisotopic (exact) mass is 390 g/mol. The van der Waals surface area contributed by atoms with E-state index in [2.05, 4.69) is 30.9 Å². The molecule has 0 radical (unpaired) electrons. The molecule has 0 bridgehead atoms. The van der Waals surface area contributed by atoms with Crippen molar-refractivity contribution in [3.63, 3.8) is 0 Å². The SMILES string of the molecule is CN=C(NCCNc1nccc(C(F)(F)F)n1)NCC1(CCO)CCOC1. The van der Waals surface area contributed by atoms with Crippen LogP contribution in [0.5, 0.6) is 0 Å². The van der Waals surface area contributed by atoms with Crippen LogP contribution < -0.4 is 16.0 Å². The molecule has 1 aliphatic heterocycles. The zero-order chi connectivity index (χ0) is 19.8. The largest absolute Gasteiger partial charge is 0.433 e. The van der Waals surface area contributed by atoms with E-state index in [1.807, 2.05) is 0 Å². The smallest absolute Gasteiger partial charge is 0.396 e. The number of aliphatic imine (C=N–C) groups is 1. The molecule has 0 amide bonds. The van der Waals surface area contributed by atoms with Crippen molar-refractivity contribution in [3.8, 4) is 0 Å². The molecule has 1 aliphatic rings. The molecule has 1 atom stereocenters. The minimum Gasteiger partial charge on any atom is -0.396 e. The highest BCUT2D eigenvalue weighted by Crippen LogP contribution is 2.31. The van der Waals surface area contributed by atoms with Crippen molar-refractivity contribution < 1.29 is 23.0 Å². The van der Waals surface area contributed by atoms with Gasteiger partial charge in [-0.05, 0) is 18.9 Å². The van der Waals surface area contributed by atoms with Crippen molar-refractivity contribution >= 4 is 11.9 Å². The van der Waals surface area contributed by atoms with E-state index in [1.165, 1.54) is 0 Å². The first-order valence-electron chi connectivity index (χ1n) is 8.66. The van der Waals surface area contributed by atoms with Gasteiger partial charge in [0.2, 0.25) is 5.95 Å². The highest BCUT2D eigenvalue weighted by molar-refractivity contribution is 5.79. The fourth-order valence-electron chi connectivity index (χ4n) is 2.76. The quantitative estimate of drug-likeness (QED) is 0.297. The lowest BCUT2D eigenvalue weighted by atomic mass is 9.84. The third-order valence-electron chi connectivity index (χ3n) is 4.33. The zero-order valence-corrected chi connectivity index (χ0v) is 15.1. The maximum atomic E-state index is 12.6. The average Bonchev–Trinajstić information content (AvgIpc) is 3.10. The number of rotatable bonds is 8. The number of hydrogen-bond donors (Lipinski definition) is 4. The lowest BCUT2D eigenvalue weighted by Crippen LogP contribution is -2.45. The van der Waals surface area contributed by atoms with Crippen LogP contribution in [0.2, 0.25) is 0 Å². The van der Waals surface area contributed by atoms with Gasteiger partial charge in [0.05, 0.1) is 6.61 Å². The van der Waals surface area contributed by atoms with E-state index in [1.54, 1.807) is 7.05 Å². The Morgan fingerprint density at radius 1 is 1.37 bits per heavy atom. The second-order valence-corrected chi connectivity index (χ2v) is 6.32. The Labute approximate surface area is 155 Å². The second-order valence-electron chi connectivity index (χ2n) is 6.32. The Kier molecular flexibility index (Phi) is 7.60. The number of aliphatic hydroxyl groups is 1. The summed E-state index contributed by atoms with van der Waals surface area (Å²) in [5.74, 6) is 0.477. The van der Waals surface area contributed by atoms with E-state index in [9.17, 15) is 18.3 Å². The van der Waals surface area contributed by atoms with Crippen LogP contribution in [0, 0.1) is 5.41 Å². The lowest BCUT2D eigenvalue weighted by Gasteiger charge is -2.27. The van der Waals surface area contributed by atoms with E-state index in [0.29, 0.717) is 45.2 Å². The molecule has 1 aromatic heterocycles. The molecule has 0 aromatic carbocycles. The predicted molar refractivity (Wildman–Crippen MR) is 94.5 cm³/mol. The molecule has 0 aliphatic carbocycles. The maximum Gasteiger partial charge on any atom is 0.433 e. The summed E-state index contributed by atoms with van der Waals surface area (Å²) in [6.45, 7) is 2.69. The van der Waals surface area contributed by atoms with Gasteiger partial charge in [-0.25, -0.2) is 9.97 Å². The Hall–Kier alpha value is -2.14. The molecule has 1 saturated heterocycles. The van der Waals surface area contributed by atoms with Gasteiger partial charge in [0.1, 0.15) is 5.69 Å². The van der Waals surface area contributed by atoms with E-state index >= 15 is 0 Å². The number of alkyl halides is 3. The van der Waals surface area contributed by atoms with Crippen LogP contribution in [-0.2, 0) is 10.9 Å². The number of nitrogens with zero attached hydrogens (tertiary/aromatic N) is 3. The van der Waals surface area contributed by atoms with Crippen molar-refractivity contribution in [3.05, 3.63) is 18.0 Å². The Morgan fingerprint density at radius 3 is 2.81 bits per heavy atom. The predicted octanol–water partition coefficient (Wildman–Crippen LogP) is 0.861. The highest BCUT2D eigenvalue weighted by Gasteiger charge is 2.34. The van der Waals surface area contributed by atoms with Crippen LogP contribution in [0.4, 0.5) is 19.1 Å². The molecule has 4 N–H and O–H groups in total. The van der Waals surface area contributed by atoms with Crippen molar-refractivity contribution in [2.45, 2.75) is 19.0 Å². The lowest BCUT2D eigenvalue weighted by molar-refractivity contribution is -0.141. The first-order valence-corrected chi connectivity index (χ1v) is 8.66. The number of nitrogens with one attached hydrogen (secondary N) is 3. The number of ether oxygens (including phenoxy) is 1. The van der Waals surface area contributed by atoms with Gasteiger partial charge in [-0.2, -0.15) is 13.2 Å². The van der Waals surface area contributed by atoms with Crippen molar-refractivity contribution in [2.24, 2.45) is 10.4 Å². The van der Waals surface area contributed by atoms with Crippen LogP contribution in [0.1, 0.15) is 18.5 Å². The molecule has 0 spiro atoms. The van der Waals surface area contributed by atoms with Crippen molar-refractivity contribution in [2.75, 3.05) is 51.8 Å². The van der Waals surface area contributed by atoms with Gasteiger partial charge >= 0.3 is 6.18 Å². The van der Waals surface area contributed by atoms with Crippen LogP contribution in [0.15, 0.2) is 17.3 Å². The minimum absolute atomic E-state index is 0.0837. The van der Waals surface area contributed by atoms with E-state index in [0.717, 1.165) is 18.7 Å². The number of hydrogen-bond acceptors (Lipinski definition) is 6. The van der Waals surface area contributed by atoms with Crippen LogP contribution in [-0.4, -0.2) is 67.5 Å². The summed E-state index contributed by atoms with van der Waals surface area (Å²) < 4.78 is 43.3. The maximum absolute atomic E-state index is 12.6. The molecule has 11 heteroatoms. The van der Waals surface area contributed by atoms with Crippen LogP contribution in [0.3, 0.4) is 0 Å². The second kappa shape index (κ2) is 9.70. The molecular weight excluding hydrogens is 365 g/mol. The summed E-state index contributed by atoms with van der Waals surface area (Å²) in [4.78, 5) is 11.3. The number of aromatic nitrogens is 2. The molecule has 1 fully saturated rings. The Morgan fingerprint density at radius 2 is 2.19 bits per heavy atom. The third-order valence-corrected chi connectivity index (χ3v) is 4.33. The fourth-order valence-corrected chi connectivity index (χ4v) is 2.76. The molecule has 1 aromatic rings. The van der Waals surface area contributed by atoms with Crippen molar-refractivity contribution in [1.82, 2.24) is 20.6 Å². The summed E-state index contributed by atoms with van der Waals surface area (Å²) in [7, 11) is 1.63. The van der Waals surface area contributed by atoms with Gasteiger partial charge in [-0.15, -0.1) is 0 Å². The molecule has 2 heterocycles. The summed E-state index contributed by atoms with van der Waals surface area (Å²) in [5.41, 5.74) is -1.10. The van der Waals surface area contributed by atoms with Crippen molar-refractivity contribution in [1.29, 1.82) is 0 Å². The standard InChI is InChI=1S/C16H25F3N6O2/c1-20-13(24-10-15(3-8-26)4-9-27-11-15)22-6-7-23-14-21-5-2-12(25-14)16(17,18)19/h2,5,26H,3-4,6-11H2,1H3,(H2,20,22,24)(H,21,23,25). The normalized spacial score (nSPS) is 20.6. The van der Waals surface area contributed by atoms with Gasteiger partial charge < -0.3 is 25.8 Å². The molecule has 2 rings (SSSR count). The Bertz CT molecular complexity index is 620. The van der Waals surface area contributed by atoms with Gasteiger partial charge in [0, 0.05) is 51.5 Å².